The van der Waals surface area contributed by atoms with Gasteiger partial charge in [-0.3, -0.25) is 4.90 Å². The van der Waals surface area contributed by atoms with Crippen LogP contribution < -0.4 is 0 Å². The summed E-state index contributed by atoms with van der Waals surface area (Å²) in [5.74, 6) is 0.358. The van der Waals surface area contributed by atoms with E-state index in [4.69, 9.17) is 0 Å². The fraction of sp³-hybridized carbons (Fsp3) is 1.00. The Bertz CT molecular complexity index is 471. The summed E-state index contributed by atoms with van der Waals surface area (Å²) in [5.41, 5.74) is 0.00358. The minimum atomic E-state index is -3.12. The largest absolute Gasteiger partial charge is 0.297 e. The van der Waals surface area contributed by atoms with Crippen molar-refractivity contribution < 1.29 is 8.42 Å². The van der Waals surface area contributed by atoms with Crippen LogP contribution in [-0.2, 0) is 10.0 Å². The van der Waals surface area contributed by atoms with Gasteiger partial charge in [0.2, 0.25) is 10.0 Å². The summed E-state index contributed by atoms with van der Waals surface area (Å²) in [7, 11) is -3.12. The molecule has 5 heteroatoms. The van der Waals surface area contributed by atoms with Gasteiger partial charge in [-0.15, -0.1) is 0 Å². The van der Waals surface area contributed by atoms with E-state index in [1.807, 2.05) is 4.31 Å². The molecule has 0 bridgehead atoms. The smallest absolute Gasteiger partial charge is 0.214 e. The summed E-state index contributed by atoms with van der Waals surface area (Å²) in [6.07, 6.45) is 8.19. The van der Waals surface area contributed by atoms with Gasteiger partial charge in [-0.2, -0.15) is 4.31 Å². The summed E-state index contributed by atoms with van der Waals surface area (Å²) in [6.45, 7) is 7.05. The Morgan fingerprint density at radius 3 is 2.52 bits per heavy atom. The third-order valence-electron chi connectivity index (χ3n) is 5.83. The lowest BCUT2D eigenvalue weighted by atomic mass is 9.77. The third kappa shape index (κ3) is 3.30. The predicted molar refractivity (Wildman–Crippen MR) is 85.7 cm³/mol. The van der Waals surface area contributed by atoms with Gasteiger partial charge in [-0.25, -0.2) is 8.42 Å². The molecule has 0 N–H and O–H groups in total. The number of nitrogens with zero attached hydrogens (tertiary/aromatic N) is 2. The molecule has 0 spiro atoms. The molecule has 2 aliphatic heterocycles. The zero-order valence-electron chi connectivity index (χ0n) is 13.6. The van der Waals surface area contributed by atoms with E-state index in [9.17, 15) is 8.42 Å². The second-order valence-corrected chi connectivity index (χ2v) is 9.76. The maximum absolute atomic E-state index is 13.0. The van der Waals surface area contributed by atoms with Crippen molar-refractivity contribution in [2.24, 2.45) is 5.41 Å². The molecule has 2 atom stereocenters. The summed E-state index contributed by atoms with van der Waals surface area (Å²) in [6, 6.07) is 0.603. The molecule has 0 aromatic carbocycles. The Kier molecular flexibility index (Phi) is 4.37. The zero-order chi connectivity index (χ0) is 15.1. The molecule has 0 aromatic heterocycles. The number of rotatable bonds is 3. The Morgan fingerprint density at radius 2 is 1.81 bits per heavy atom. The average Bonchev–Trinajstić information content (AvgIpc) is 2.84. The van der Waals surface area contributed by atoms with E-state index >= 15 is 0 Å². The third-order valence-corrected chi connectivity index (χ3v) is 8.11. The van der Waals surface area contributed by atoms with Crippen LogP contribution in [0.1, 0.15) is 58.8 Å². The molecule has 4 nitrogen and oxygen atoms in total. The van der Waals surface area contributed by atoms with Gasteiger partial charge in [0.15, 0.2) is 0 Å². The molecule has 3 rings (SSSR count). The van der Waals surface area contributed by atoms with Crippen molar-refractivity contribution in [3.8, 4) is 0 Å². The molecular weight excluding hydrogens is 284 g/mol. The molecule has 3 fully saturated rings. The molecule has 21 heavy (non-hydrogen) atoms. The molecule has 122 valence electrons. The normalized spacial score (nSPS) is 34.8. The first-order valence-corrected chi connectivity index (χ1v) is 10.2. The maximum Gasteiger partial charge on any atom is 0.214 e. The van der Waals surface area contributed by atoms with E-state index in [1.165, 1.54) is 25.7 Å². The Morgan fingerprint density at radius 1 is 1.10 bits per heavy atom. The van der Waals surface area contributed by atoms with Crippen LogP contribution in [0.25, 0.3) is 0 Å². The van der Waals surface area contributed by atoms with Crippen LogP contribution in [0.5, 0.6) is 0 Å². The van der Waals surface area contributed by atoms with Gasteiger partial charge < -0.3 is 0 Å². The number of fused-ring (bicyclic) bond motifs is 1. The van der Waals surface area contributed by atoms with Crippen LogP contribution in [0.2, 0.25) is 0 Å². The summed E-state index contributed by atoms with van der Waals surface area (Å²) in [4.78, 5) is 2.49. The van der Waals surface area contributed by atoms with Crippen molar-refractivity contribution in [2.75, 3.05) is 25.4 Å². The molecule has 2 heterocycles. The molecule has 2 unspecified atom stereocenters. The Hall–Kier alpha value is -0.130. The lowest BCUT2D eigenvalue weighted by Gasteiger charge is -2.43. The van der Waals surface area contributed by atoms with Crippen LogP contribution >= 0.6 is 0 Å². The molecule has 1 saturated carbocycles. The van der Waals surface area contributed by atoms with Gasteiger partial charge in [0.05, 0.1) is 5.75 Å². The van der Waals surface area contributed by atoms with Gasteiger partial charge in [0.1, 0.15) is 0 Å². The molecule has 0 radical (unpaired) electrons. The van der Waals surface area contributed by atoms with E-state index < -0.39 is 10.0 Å². The standard InChI is InChI=1S/C16H30N2O2S/c1-14-11-17-10-6-7-15(17)12-18(14)21(19,20)13-16(2)8-4-3-5-9-16/h14-15H,3-13H2,1-2H3. The van der Waals surface area contributed by atoms with E-state index in [-0.39, 0.29) is 11.5 Å². The number of hydrogen-bond donors (Lipinski definition) is 0. The average molecular weight is 314 g/mol. The van der Waals surface area contributed by atoms with E-state index in [1.54, 1.807) is 0 Å². The van der Waals surface area contributed by atoms with Crippen molar-refractivity contribution in [3.05, 3.63) is 0 Å². The first-order valence-electron chi connectivity index (χ1n) is 8.63. The van der Waals surface area contributed by atoms with Gasteiger partial charge >= 0.3 is 0 Å². The highest BCUT2D eigenvalue weighted by atomic mass is 32.2. The van der Waals surface area contributed by atoms with Crippen LogP contribution in [-0.4, -0.2) is 55.1 Å². The highest BCUT2D eigenvalue weighted by Crippen LogP contribution is 2.38. The van der Waals surface area contributed by atoms with Crippen LogP contribution in [0.3, 0.4) is 0 Å². The second-order valence-electron chi connectivity index (χ2n) is 7.84. The van der Waals surface area contributed by atoms with Crippen LogP contribution in [0, 0.1) is 5.41 Å². The zero-order valence-corrected chi connectivity index (χ0v) is 14.4. The molecule has 2 saturated heterocycles. The summed E-state index contributed by atoms with van der Waals surface area (Å²) >= 11 is 0. The first-order chi connectivity index (χ1) is 9.90. The van der Waals surface area contributed by atoms with E-state index in [0.29, 0.717) is 11.8 Å². The lowest BCUT2D eigenvalue weighted by molar-refractivity contribution is 0.115. The second kappa shape index (κ2) is 5.82. The quantitative estimate of drug-likeness (QED) is 0.803. The Balaban J connectivity index is 1.71. The minimum absolute atomic E-state index is 0.00358. The number of hydrogen-bond acceptors (Lipinski definition) is 3. The van der Waals surface area contributed by atoms with Crippen molar-refractivity contribution in [1.82, 2.24) is 9.21 Å². The number of piperazine rings is 1. The summed E-state index contributed by atoms with van der Waals surface area (Å²) < 4.78 is 27.8. The first kappa shape index (κ1) is 15.8. The predicted octanol–water partition coefficient (Wildman–Crippen LogP) is 2.46. The Labute approximate surface area is 129 Å². The fourth-order valence-electron chi connectivity index (χ4n) is 4.62. The van der Waals surface area contributed by atoms with Gasteiger partial charge in [-0.1, -0.05) is 26.2 Å². The van der Waals surface area contributed by atoms with Crippen LogP contribution in [0.4, 0.5) is 0 Å². The molecule has 0 amide bonds. The number of sulfonamides is 1. The highest BCUT2D eigenvalue weighted by molar-refractivity contribution is 7.89. The van der Waals surface area contributed by atoms with Crippen molar-refractivity contribution in [2.45, 2.75) is 70.9 Å². The fourth-order valence-corrected chi connectivity index (χ4v) is 6.97. The maximum atomic E-state index is 13.0. The summed E-state index contributed by atoms with van der Waals surface area (Å²) in [5, 5.41) is 0. The minimum Gasteiger partial charge on any atom is -0.297 e. The monoisotopic (exact) mass is 314 g/mol. The van der Waals surface area contributed by atoms with Crippen molar-refractivity contribution in [3.63, 3.8) is 0 Å². The molecule has 0 aromatic rings. The van der Waals surface area contributed by atoms with Gasteiger partial charge in [0.25, 0.3) is 0 Å². The van der Waals surface area contributed by atoms with Crippen molar-refractivity contribution >= 4 is 10.0 Å². The van der Waals surface area contributed by atoms with E-state index in [0.717, 1.165) is 38.9 Å². The molecular formula is C16H30N2O2S. The molecule has 3 aliphatic rings. The van der Waals surface area contributed by atoms with Gasteiger partial charge in [0, 0.05) is 25.2 Å². The van der Waals surface area contributed by atoms with Crippen LogP contribution in [0.15, 0.2) is 0 Å². The SMILES string of the molecule is CC1CN2CCCC2CN1S(=O)(=O)CC1(C)CCCCC1. The highest BCUT2D eigenvalue weighted by Gasteiger charge is 2.42. The topological polar surface area (TPSA) is 40.6 Å². The molecule has 1 aliphatic carbocycles. The van der Waals surface area contributed by atoms with Gasteiger partial charge in [-0.05, 0) is 44.6 Å². The van der Waals surface area contributed by atoms with Crippen molar-refractivity contribution in [1.29, 1.82) is 0 Å². The lowest BCUT2D eigenvalue weighted by Crippen LogP contribution is -2.57. The van der Waals surface area contributed by atoms with E-state index in [2.05, 4.69) is 18.7 Å².